The number of rotatable bonds is 5. The summed E-state index contributed by atoms with van der Waals surface area (Å²) in [6, 6.07) is 13.1. The second-order valence-corrected chi connectivity index (χ2v) is 8.65. The number of aromatic nitrogens is 2. The number of sulfone groups is 1. The van der Waals surface area contributed by atoms with Crippen LogP contribution in [0.1, 0.15) is 18.5 Å². The van der Waals surface area contributed by atoms with Crippen molar-refractivity contribution in [2.24, 2.45) is 0 Å². The lowest BCUT2D eigenvalue weighted by Gasteiger charge is -2.15. The number of benzene rings is 2. The zero-order valence-corrected chi connectivity index (χ0v) is 16.8. The van der Waals surface area contributed by atoms with Crippen LogP contribution in [0.5, 0.6) is 0 Å². The average Bonchev–Trinajstić information content (AvgIpc) is 3.09. The van der Waals surface area contributed by atoms with E-state index in [-0.39, 0.29) is 10.9 Å². The Morgan fingerprint density at radius 3 is 2.54 bits per heavy atom. The Labute approximate surface area is 168 Å². The molecule has 0 aliphatic carbocycles. The minimum Gasteiger partial charge on any atom is -0.331 e. The molecule has 28 heavy (non-hydrogen) atoms. The second-order valence-electron chi connectivity index (χ2n) is 6.26. The maximum atomic E-state index is 12.3. The molecule has 146 valence electrons. The summed E-state index contributed by atoms with van der Waals surface area (Å²) in [7, 11) is -3.42. The predicted octanol–water partition coefficient (Wildman–Crippen LogP) is 3.81. The molecule has 3 rings (SSSR count). The molecule has 1 atom stereocenters. The molecule has 0 aliphatic heterocycles. The topological polar surface area (TPSA) is 93.1 Å². The van der Waals surface area contributed by atoms with Crippen LogP contribution in [0.3, 0.4) is 0 Å². The standard InChI is InChI=1S/C19H19ClN4O3S/c1-13(15-7-3-4-8-16(15)20)22-19(25)23-14-11-21-24(12-14)17-9-5-6-10-18(17)28(2,26)27/h3-13H,1-2H3,(H2,22,23,25). The van der Waals surface area contributed by atoms with Crippen LogP contribution in [0.4, 0.5) is 10.5 Å². The van der Waals surface area contributed by atoms with Crippen LogP contribution in [0.15, 0.2) is 65.8 Å². The number of nitrogens with zero attached hydrogens (tertiary/aromatic N) is 2. The van der Waals surface area contributed by atoms with Crippen molar-refractivity contribution in [2.45, 2.75) is 17.9 Å². The number of carbonyl (C=O) groups is 1. The molecule has 0 saturated heterocycles. The number of nitrogens with one attached hydrogen (secondary N) is 2. The Balaban J connectivity index is 1.74. The zero-order chi connectivity index (χ0) is 20.3. The summed E-state index contributed by atoms with van der Waals surface area (Å²) in [4.78, 5) is 12.4. The third-order valence-electron chi connectivity index (χ3n) is 4.07. The van der Waals surface area contributed by atoms with E-state index in [1.807, 2.05) is 25.1 Å². The Morgan fingerprint density at radius 1 is 1.14 bits per heavy atom. The number of halogens is 1. The highest BCUT2D eigenvalue weighted by molar-refractivity contribution is 7.90. The van der Waals surface area contributed by atoms with Gasteiger partial charge in [-0.2, -0.15) is 5.10 Å². The fourth-order valence-electron chi connectivity index (χ4n) is 2.75. The van der Waals surface area contributed by atoms with Crippen molar-refractivity contribution in [3.8, 4) is 5.69 Å². The van der Waals surface area contributed by atoms with E-state index in [4.69, 9.17) is 11.6 Å². The van der Waals surface area contributed by atoms with Crippen molar-refractivity contribution in [3.05, 3.63) is 71.5 Å². The van der Waals surface area contributed by atoms with Crippen LogP contribution < -0.4 is 10.6 Å². The van der Waals surface area contributed by atoms with E-state index >= 15 is 0 Å². The summed E-state index contributed by atoms with van der Waals surface area (Å²) in [5, 5.41) is 10.2. The lowest BCUT2D eigenvalue weighted by Crippen LogP contribution is -2.31. The first-order valence-electron chi connectivity index (χ1n) is 8.42. The van der Waals surface area contributed by atoms with E-state index in [9.17, 15) is 13.2 Å². The van der Waals surface area contributed by atoms with E-state index in [1.165, 1.54) is 16.9 Å². The van der Waals surface area contributed by atoms with Gasteiger partial charge < -0.3 is 10.6 Å². The summed E-state index contributed by atoms with van der Waals surface area (Å²) in [6.07, 6.45) is 4.13. The van der Waals surface area contributed by atoms with Gasteiger partial charge in [0, 0.05) is 11.3 Å². The highest BCUT2D eigenvalue weighted by Gasteiger charge is 2.16. The summed E-state index contributed by atoms with van der Waals surface area (Å²) < 4.78 is 25.3. The highest BCUT2D eigenvalue weighted by Crippen LogP contribution is 2.23. The number of urea groups is 1. The van der Waals surface area contributed by atoms with Gasteiger partial charge in [-0.15, -0.1) is 0 Å². The van der Waals surface area contributed by atoms with Crippen LogP contribution >= 0.6 is 11.6 Å². The molecule has 0 saturated carbocycles. The summed E-state index contributed by atoms with van der Waals surface area (Å²) in [5.41, 5.74) is 1.63. The van der Waals surface area contributed by atoms with E-state index in [0.717, 1.165) is 11.8 Å². The van der Waals surface area contributed by atoms with Gasteiger partial charge in [0.25, 0.3) is 0 Å². The largest absolute Gasteiger partial charge is 0.331 e. The fourth-order valence-corrected chi connectivity index (χ4v) is 3.91. The van der Waals surface area contributed by atoms with Crippen LogP contribution in [-0.2, 0) is 9.84 Å². The number of anilines is 1. The summed E-state index contributed by atoms with van der Waals surface area (Å²) in [6.45, 7) is 1.83. The first-order valence-corrected chi connectivity index (χ1v) is 10.7. The van der Waals surface area contributed by atoms with Crippen molar-refractivity contribution < 1.29 is 13.2 Å². The lowest BCUT2D eigenvalue weighted by molar-refractivity contribution is 0.249. The quantitative estimate of drug-likeness (QED) is 0.658. The van der Waals surface area contributed by atoms with Crippen molar-refractivity contribution in [2.75, 3.05) is 11.6 Å². The van der Waals surface area contributed by atoms with Crippen LogP contribution in [0.25, 0.3) is 5.69 Å². The summed E-state index contributed by atoms with van der Waals surface area (Å²) in [5.74, 6) is 0. The number of carbonyl (C=O) groups excluding carboxylic acids is 1. The maximum Gasteiger partial charge on any atom is 0.319 e. The van der Waals surface area contributed by atoms with Gasteiger partial charge in [-0.25, -0.2) is 17.9 Å². The van der Waals surface area contributed by atoms with E-state index in [1.54, 1.807) is 30.5 Å². The first-order chi connectivity index (χ1) is 13.3. The van der Waals surface area contributed by atoms with Gasteiger partial charge in [0.1, 0.15) is 0 Å². The van der Waals surface area contributed by atoms with E-state index < -0.39 is 15.9 Å². The zero-order valence-electron chi connectivity index (χ0n) is 15.3. The molecule has 0 fully saturated rings. The van der Waals surface area contributed by atoms with Crippen LogP contribution in [-0.4, -0.2) is 30.5 Å². The van der Waals surface area contributed by atoms with Crippen molar-refractivity contribution in [1.29, 1.82) is 0 Å². The third-order valence-corrected chi connectivity index (χ3v) is 5.56. The maximum absolute atomic E-state index is 12.3. The Morgan fingerprint density at radius 2 is 1.82 bits per heavy atom. The van der Waals surface area contributed by atoms with Gasteiger partial charge in [0.05, 0.1) is 34.7 Å². The molecule has 0 aliphatic rings. The molecule has 7 nitrogen and oxygen atoms in total. The smallest absolute Gasteiger partial charge is 0.319 e. The Kier molecular flexibility index (Phi) is 5.71. The molecule has 0 bridgehead atoms. The molecule has 0 radical (unpaired) electrons. The Hall–Kier alpha value is -2.84. The van der Waals surface area contributed by atoms with Gasteiger partial charge >= 0.3 is 6.03 Å². The Bertz CT molecular complexity index is 1110. The minimum atomic E-state index is -3.42. The number of hydrogen-bond donors (Lipinski definition) is 2. The second kappa shape index (κ2) is 8.04. The predicted molar refractivity (Wildman–Crippen MR) is 109 cm³/mol. The highest BCUT2D eigenvalue weighted by atomic mass is 35.5. The first kappa shape index (κ1) is 19.9. The van der Waals surface area contributed by atoms with E-state index in [2.05, 4.69) is 15.7 Å². The number of hydrogen-bond acceptors (Lipinski definition) is 4. The summed E-state index contributed by atoms with van der Waals surface area (Å²) >= 11 is 6.15. The van der Waals surface area contributed by atoms with Gasteiger partial charge in [0.2, 0.25) is 0 Å². The molecule has 3 aromatic rings. The molecule has 1 unspecified atom stereocenters. The molecule has 1 aromatic heterocycles. The van der Waals surface area contributed by atoms with Crippen molar-refractivity contribution >= 4 is 33.2 Å². The van der Waals surface area contributed by atoms with Crippen molar-refractivity contribution in [1.82, 2.24) is 15.1 Å². The normalized spacial score (nSPS) is 12.4. The molecule has 0 spiro atoms. The molecule has 2 N–H and O–H groups in total. The van der Waals surface area contributed by atoms with Gasteiger partial charge in [-0.05, 0) is 30.7 Å². The molecule has 2 aromatic carbocycles. The average molecular weight is 419 g/mol. The molecular formula is C19H19ClN4O3S. The minimum absolute atomic E-state index is 0.154. The molecule has 2 amide bonds. The van der Waals surface area contributed by atoms with Gasteiger partial charge in [-0.3, -0.25) is 0 Å². The van der Waals surface area contributed by atoms with E-state index in [0.29, 0.717) is 16.4 Å². The van der Waals surface area contributed by atoms with Gasteiger partial charge in [0.15, 0.2) is 9.84 Å². The number of amides is 2. The fraction of sp³-hybridized carbons (Fsp3) is 0.158. The monoisotopic (exact) mass is 418 g/mol. The van der Waals surface area contributed by atoms with Gasteiger partial charge in [-0.1, -0.05) is 41.9 Å². The third kappa shape index (κ3) is 4.52. The van der Waals surface area contributed by atoms with Crippen molar-refractivity contribution in [3.63, 3.8) is 0 Å². The molecule has 9 heteroatoms. The van der Waals surface area contributed by atoms with Crippen LogP contribution in [0.2, 0.25) is 5.02 Å². The number of para-hydroxylation sites is 1. The molecule has 1 heterocycles. The SMILES string of the molecule is CC(NC(=O)Nc1cnn(-c2ccccc2S(C)(=O)=O)c1)c1ccccc1Cl. The molecular weight excluding hydrogens is 400 g/mol. The lowest BCUT2D eigenvalue weighted by atomic mass is 10.1. The van der Waals surface area contributed by atoms with Crippen LogP contribution in [0, 0.1) is 0 Å².